The molecule has 77 heavy (non-hydrogen) atoms. The Morgan fingerprint density at radius 2 is 0.844 bits per heavy atom. The van der Waals surface area contributed by atoms with Crippen LogP contribution in [0.25, 0.3) is 0 Å². The number of carbonyl (C=O) groups excluding carboxylic acids is 1. The third kappa shape index (κ3) is 36.1. The topological polar surface area (TPSA) is 214 Å². The lowest BCUT2D eigenvalue weighted by atomic mass is 9.98. The van der Waals surface area contributed by atoms with E-state index in [1.807, 2.05) is 0 Å². The van der Waals surface area contributed by atoms with Crippen molar-refractivity contribution in [3.63, 3.8) is 0 Å². The molecule has 2 rings (SSSR count). The molecule has 0 aliphatic carbocycles. The Hall–Kier alpha value is -2.05. The number of hydrogen-bond acceptors (Lipinski definition) is 14. The summed E-state index contributed by atoms with van der Waals surface area (Å²) in [6, 6.07) is 0. The van der Waals surface area contributed by atoms with Crippen molar-refractivity contribution in [2.75, 3.05) is 33.0 Å². The molecule has 0 saturated carbocycles. The van der Waals surface area contributed by atoms with Gasteiger partial charge in [-0.05, 0) is 51.4 Å². The van der Waals surface area contributed by atoms with Gasteiger partial charge >= 0.3 is 5.97 Å². The van der Waals surface area contributed by atoms with E-state index in [4.69, 9.17) is 28.4 Å². The van der Waals surface area contributed by atoms with Gasteiger partial charge < -0.3 is 64.2 Å². The zero-order chi connectivity index (χ0) is 55.8. The van der Waals surface area contributed by atoms with Gasteiger partial charge in [-0.3, -0.25) is 4.79 Å². The van der Waals surface area contributed by atoms with Crippen molar-refractivity contribution in [2.24, 2.45) is 0 Å². The second-order valence-electron chi connectivity index (χ2n) is 21.9. The molecular weight excluding hydrogens is 981 g/mol. The standard InChI is InChI=1S/C63H114O14/c1-3-5-7-9-11-13-15-17-19-21-23-24-25-26-27-28-29-30-32-34-36-38-40-42-44-46-55(65)75-52(49-72-47-45-43-41-39-37-35-33-31-22-20-18-16-14-12-10-8-6-4-2)50-73-62-61(71)59(69)57(67)54(77-62)51-74-63-60(70)58(68)56(66)53(48-64)76-63/h5,7,11,13,17,19,23-24,52-54,56-64,66-71H,3-4,6,8-10,12,14-16,18,20-22,25-51H2,1-2H3/b7-5-,13-11-,19-17-,24-23-. The Morgan fingerprint density at radius 3 is 1.32 bits per heavy atom. The minimum atomic E-state index is -1.71. The molecule has 450 valence electrons. The van der Waals surface area contributed by atoms with Gasteiger partial charge in [-0.15, -0.1) is 0 Å². The van der Waals surface area contributed by atoms with Crippen LogP contribution in [0.1, 0.15) is 245 Å². The maximum atomic E-state index is 13.1. The first-order valence-corrected chi connectivity index (χ1v) is 31.2. The summed E-state index contributed by atoms with van der Waals surface area (Å²) in [5, 5.41) is 72.4. The highest BCUT2D eigenvalue weighted by molar-refractivity contribution is 5.69. The third-order valence-corrected chi connectivity index (χ3v) is 14.9. The third-order valence-electron chi connectivity index (χ3n) is 14.9. The van der Waals surface area contributed by atoms with Gasteiger partial charge in [-0.2, -0.15) is 0 Å². The summed E-state index contributed by atoms with van der Waals surface area (Å²) >= 11 is 0. The molecule has 0 radical (unpaired) electrons. The zero-order valence-corrected chi connectivity index (χ0v) is 48.4. The summed E-state index contributed by atoms with van der Waals surface area (Å²) in [7, 11) is 0. The van der Waals surface area contributed by atoms with E-state index in [1.54, 1.807) is 0 Å². The van der Waals surface area contributed by atoms with Crippen LogP contribution in [0, 0.1) is 0 Å². The maximum absolute atomic E-state index is 13.1. The molecule has 0 aromatic rings. The SMILES string of the molecule is CC/C=C\C/C=C\C/C=C\C/C=C\CCCCCCCCCCCCCCC(=O)OC(COCCCCCCCCCCCCCCCCCCCC)COC1OC(COC2OC(CO)C(O)C(O)C2O)C(O)C(O)C1O. The number of ether oxygens (including phenoxy) is 6. The fourth-order valence-corrected chi connectivity index (χ4v) is 9.87. The summed E-state index contributed by atoms with van der Waals surface area (Å²) in [6.45, 7) is 3.62. The van der Waals surface area contributed by atoms with Gasteiger partial charge in [0.1, 0.15) is 54.9 Å². The lowest BCUT2D eigenvalue weighted by molar-refractivity contribution is -0.332. The van der Waals surface area contributed by atoms with E-state index < -0.39 is 80.7 Å². The highest BCUT2D eigenvalue weighted by Gasteiger charge is 2.47. The number of unbranched alkanes of at least 4 members (excludes halogenated alkanes) is 29. The van der Waals surface area contributed by atoms with Crippen molar-refractivity contribution in [2.45, 2.75) is 313 Å². The van der Waals surface area contributed by atoms with Crippen molar-refractivity contribution in [1.29, 1.82) is 0 Å². The molecular formula is C63H114O14. The quantitative estimate of drug-likeness (QED) is 0.0172. The van der Waals surface area contributed by atoms with Crippen LogP contribution in [0.3, 0.4) is 0 Å². The molecule has 11 unspecified atom stereocenters. The van der Waals surface area contributed by atoms with Gasteiger partial charge in [0.25, 0.3) is 0 Å². The van der Waals surface area contributed by atoms with Gasteiger partial charge in [-0.25, -0.2) is 0 Å². The molecule has 0 aromatic carbocycles. The number of hydrogen-bond donors (Lipinski definition) is 7. The molecule has 2 aliphatic heterocycles. The van der Waals surface area contributed by atoms with Gasteiger partial charge in [0.2, 0.25) is 0 Å². The first kappa shape index (κ1) is 71.1. The molecule has 0 bridgehead atoms. The summed E-state index contributed by atoms with van der Waals surface area (Å²) in [5.41, 5.74) is 0. The Morgan fingerprint density at radius 1 is 0.442 bits per heavy atom. The number of allylic oxidation sites excluding steroid dienone is 8. The summed E-state index contributed by atoms with van der Waals surface area (Å²) in [4.78, 5) is 13.1. The van der Waals surface area contributed by atoms with E-state index in [1.165, 1.54) is 148 Å². The maximum Gasteiger partial charge on any atom is 0.306 e. The number of carbonyl (C=O) groups is 1. The molecule has 2 fully saturated rings. The van der Waals surface area contributed by atoms with Gasteiger partial charge in [0, 0.05) is 13.0 Å². The summed E-state index contributed by atoms with van der Waals surface area (Å²) in [5.74, 6) is -0.375. The highest BCUT2D eigenvalue weighted by atomic mass is 16.7. The minimum Gasteiger partial charge on any atom is -0.457 e. The van der Waals surface area contributed by atoms with Crippen LogP contribution in [0.5, 0.6) is 0 Å². The van der Waals surface area contributed by atoms with Crippen molar-refractivity contribution < 1.29 is 69.0 Å². The Bertz CT molecular complexity index is 1460. The van der Waals surface area contributed by atoms with E-state index in [9.17, 15) is 40.5 Å². The van der Waals surface area contributed by atoms with Crippen LogP contribution in [0.2, 0.25) is 0 Å². The number of aliphatic hydroxyl groups excluding tert-OH is 7. The van der Waals surface area contributed by atoms with Crippen LogP contribution in [0.4, 0.5) is 0 Å². The molecule has 2 saturated heterocycles. The van der Waals surface area contributed by atoms with E-state index in [-0.39, 0.29) is 25.6 Å². The van der Waals surface area contributed by atoms with Crippen molar-refractivity contribution in [1.82, 2.24) is 0 Å². The summed E-state index contributed by atoms with van der Waals surface area (Å²) in [6.07, 6.45) is 44.6. The fraction of sp³-hybridized carbons (Fsp3) is 0.857. The Labute approximate surface area is 467 Å². The first-order chi connectivity index (χ1) is 37.6. The van der Waals surface area contributed by atoms with Gasteiger partial charge in [-0.1, -0.05) is 236 Å². The zero-order valence-electron chi connectivity index (χ0n) is 48.4. The molecule has 14 heteroatoms. The average molecular weight is 1100 g/mol. The smallest absolute Gasteiger partial charge is 0.306 e. The number of rotatable bonds is 51. The van der Waals surface area contributed by atoms with Crippen molar-refractivity contribution in [3.8, 4) is 0 Å². The molecule has 14 nitrogen and oxygen atoms in total. The normalized spacial score (nSPS) is 24.6. The van der Waals surface area contributed by atoms with Crippen LogP contribution in [-0.2, 0) is 33.2 Å². The molecule has 2 heterocycles. The molecule has 7 N–H and O–H groups in total. The largest absolute Gasteiger partial charge is 0.457 e. The average Bonchev–Trinajstić information content (AvgIpc) is 3.43. The highest BCUT2D eigenvalue weighted by Crippen LogP contribution is 2.27. The van der Waals surface area contributed by atoms with Crippen molar-refractivity contribution in [3.05, 3.63) is 48.6 Å². The lowest BCUT2D eigenvalue weighted by Crippen LogP contribution is -2.61. The molecule has 2 aliphatic rings. The molecule has 0 spiro atoms. The van der Waals surface area contributed by atoms with Crippen LogP contribution in [0.15, 0.2) is 48.6 Å². The van der Waals surface area contributed by atoms with E-state index in [0.29, 0.717) is 13.0 Å². The van der Waals surface area contributed by atoms with E-state index >= 15 is 0 Å². The first-order valence-electron chi connectivity index (χ1n) is 31.2. The number of esters is 1. The van der Waals surface area contributed by atoms with Gasteiger partial charge in [0.15, 0.2) is 12.6 Å². The Kier molecular flexibility index (Phi) is 45.9. The summed E-state index contributed by atoms with van der Waals surface area (Å²) < 4.78 is 34.5. The van der Waals surface area contributed by atoms with Crippen LogP contribution < -0.4 is 0 Å². The lowest BCUT2D eigenvalue weighted by Gasteiger charge is -2.42. The monoisotopic (exact) mass is 1090 g/mol. The molecule has 11 atom stereocenters. The second-order valence-corrected chi connectivity index (χ2v) is 21.9. The predicted octanol–water partition coefficient (Wildman–Crippen LogP) is 11.9. The second kappa shape index (κ2) is 49.7. The van der Waals surface area contributed by atoms with E-state index in [2.05, 4.69) is 62.5 Å². The van der Waals surface area contributed by atoms with E-state index in [0.717, 1.165) is 70.6 Å². The minimum absolute atomic E-state index is 0.0639. The van der Waals surface area contributed by atoms with Gasteiger partial charge in [0.05, 0.1) is 26.4 Å². The number of aliphatic hydroxyl groups is 7. The Balaban J connectivity index is 1.67. The van der Waals surface area contributed by atoms with Crippen molar-refractivity contribution >= 4 is 5.97 Å². The fourth-order valence-electron chi connectivity index (χ4n) is 9.87. The molecule has 0 aromatic heterocycles. The van der Waals surface area contributed by atoms with Crippen LogP contribution >= 0.6 is 0 Å². The van der Waals surface area contributed by atoms with Crippen LogP contribution in [-0.4, -0.2) is 142 Å². The predicted molar refractivity (Wildman–Crippen MR) is 307 cm³/mol. The molecule has 0 amide bonds.